The number of fused-ring (bicyclic) bond motifs is 1. The normalized spacial score (nSPS) is 11.5. The Kier molecular flexibility index (Phi) is 5.03. The fourth-order valence-electron chi connectivity index (χ4n) is 2.72. The molecule has 0 unspecified atom stereocenters. The molecule has 0 spiro atoms. The van der Waals surface area contributed by atoms with Gasteiger partial charge in [-0.3, -0.25) is 18.7 Å². The Morgan fingerprint density at radius 2 is 1.88 bits per heavy atom. The number of hydrogen-bond donors (Lipinski definition) is 0. The van der Waals surface area contributed by atoms with Crippen molar-refractivity contribution >= 4 is 32.9 Å². The minimum atomic E-state index is -0.574. The third-order valence-electron chi connectivity index (χ3n) is 4.11. The van der Waals surface area contributed by atoms with Gasteiger partial charge in [-0.25, -0.2) is 9.78 Å². The summed E-state index contributed by atoms with van der Waals surface area (Å²) in [5, 5.41) is 0. The molecule has 7 nitrogen and oxygen atoms in total. The number of nitrogens with zero attached hydrogens (tertiary/aromatic N) is 4. The van der Waals surface area contributed by atoms with Gasteiger partial charge >= 0.3 is 5.69 Å². The van der Waals surface area contributed by atoms with Crippen LogP contribution in [0.5, 0.6) is 0 Å². The second kappa shape index (κ2) is 7.25. The fourth-order valence-corrected chi connectivity index (χ4v) is 3.21. The zero-order valence-corrected chi connectivity index (χ0v) is 15.9. The molecule has 0 saturated carbocycles. The molecule has 0 aliphatic rings. The molecule has 2 aromatic heterocycles. The first-order valence-corrected chi connectivity index (χ1v) is 8.80. The van der Waals surface area contributed by atoms with E-state index in [1.165, 1.54) is 11.6 Å². The van der Waals surface area contributed by atoms with E-state index in [1.54, 1.807) is 34.9 Å². The predicted octanol–water partition coefficient (Wildman–Crippen LogP) is 2.12. The Morgan fingerprint density at radius 3 is 2.54 bits per heavy atom. The minimum absolute atomic E-state index is 0.276. The summed E-state index contributed by atoms with van der Waals surface area (Å²) < 4.78 is 4.36. The van der Waals surface area contributed by atoms with Crippen LogP contribution in [-0.2, 0) is 20.1 Å². The lowest BCUT2D eigenvalue weighted by Gasteiger charge is -2.09. The van der Waals surface area contributed by atoms with E-state index in [9.17, 15) is 14.4 Å². The monoisotopic (exact) mass is 416 g/mol. The highest BCUT2D eigenvalue weighted by atomic mass is 79.9. The van der Waals surface area contributed by atoms with Crippen LogP contribution >= 0.6 is 15.9 Å². The molecule has 8 heteroatoms. The first-order chi connectivity index (χ1) is 12.5. The second-order valence-electron chi connectivity index (χ2n) is 5.75. The van der Waals surface area contributed by atoms with E-state index < -0.39 is 11.2 Å². The van der Waals surface area contributed by atoms with Gasteiger partial charge in [-0.1, -0.05) is 42.5 Å². The van der Waals surface area contributed by atoms with Gasteiger partial charge in [0.05, 0.1) is 6.54 Å². The Balaban J connectivity index is 2.18. The summed E-state index contributed by atoms with van der Waals surface area (Å²) in [6, 6.07) is 8.58. The van der Waals surface area contributed by atoms with Gasteiger partial charge in [0, 0.05) is 19.2 Å². The first-order valence-electron chi connectivity index (χ1n) is 8.00. The summed E-state index contributed by atoms with van der Waals surface area (Å²) in [4.78, 5) is 42.3. The number of Topliss-reactive ketones (excluding diaryl/α,β-unsaturated/α-hetero) is 1. The highest BCUT2D eigenvalue weighted by Crippen LogP contribution is 2.16. The van der Waals surface area contributed by atoms with Gasteiger partial charge < -0.3 is 4.57 Å². The average Bonchev–Trinajstić information content (AvgIpc) is 2.98. The predicted molar refractivity (Wildman–Crippen MR) is 103 cm³/mol. The number of aryl methyl sites for hydroxylation is 1. The minimum Gasteiger partial charge on any atom is -0.309 e. The maximum atomic E-state index is 13.0. The molecule has 134 valence electrons. The van der Waals surface area contributed by atoms with Crippen molar-refractivity contribution in [1.82, 2.24) is 18.7 Å². The van der Waals surface area contributed by atoms with E-state index in [0.29, 0.717) is 16.8 Å². The lowest BCUT2D eigenvalue weighted by Crippen LogP contribution is -2.41. The molecule has 0 saturated heterocycles. The molecule has 1 aromatic carbocycles. The SMILES string of the molecule is C/C=C/Cn1c(Br)nc2c1c(=O)n(CC(=O)c1ccccc1)c(=O)n2C. The fraction of sp³-hybridized carbons (Fsp3) is 0.222. The van der Waals surface area contributed by atoms with Gasteiger partial charge in [0.15, 0.2) is 21.7 Å². The number of allylic oxidation sites excluding steroid dienone is 2. The van der Waals surface area contributed by atoms with Gasteiger partial charge in [-0.15, -0.1) is 0 Å². The summed E-state index contributed by atoms with van der Waals surface area (Å²) in [5.74, 6) is -0.303. The molecule has 3 aromatic rings. The average molecular weight is 417 g/mol. The van der Waals surface area contributed by atoms with E-state index in [0.717, 1.165) is 4.57 Å². The molecule has 0 atom stereocenters. The smallest absolute Gasteiger partial charge is 0.309 e. The third kappa shape index (κ3) is 3.08. The number of imidazole rings is 1. The number of rotatable bonds is 5. The molecule has 26 heavy (non-hydrogen) atoms. The Hall–Kier alpha value is -2.74. The van der Waals surface area contributed by atoms with Crippen molar-refractivity contribution in [2.45, 2.75) is 20.0 Å². The van der Waals surface area contributed by atoms with Crippen molar-refractivity contribution in [2.24, 2.45) is 7.05 Å². The van der Waals surface area contributed by atoms with Crippen LogP contribution in [0.4, 0.5) is 0 Å². The molecule has 0 bridgehead atoms. The van der Waals surface area contributed by atoms with Gasteiger partial charge in [0.1, 0.15) is 0 Å². The number of hydrogen-bond acceptors (Lipinski definition) is 4. The van der Waals surface area contributed by atoms with E-state index in [2.05, 4.69) is 20.9 Å². The van der Waals surface area contributed by atoms with Gasteiger partial charge in [-0.05, 0) is 22.9 Å². The quantitative estimate of drug-likeness (QED) is 0.362. The number of benzene rings is 1. The standard InChI is InChI=1S/C18H17BrN4O3/c1-3-4-10-22-14-15(20-17(22)19)21(2)18(26)23(16(14)25)11-13(24)12-8-6-5-7-9-12/h3-9H,10-11H2,1-2H3/b4-3+. The second-order valence-corrected chi connectivity index (χ2v) is 6.46. The number of halogens is 1. The molecule has 3 rings (SSSR count). The first kappa shape index (κ1) is 18.1. The van der Waals surface area contributed by atoms with Gasteiger partial charge in [0.25, 0.3) is 5.56 Å². The summed E-state index contributed by atoms with van der Waals surface area (Å²) in [6.07, 6.45) is 3.73. The Morgan fingerprint density at radius 1 is 1.19 bits per heavy atom. The number of carbonyl (C=O) groups excluding carboxylic acids is 1. The number of carbonyl (C=O) groups is 1. The summed E-state index contributed by atoms with van der Waals surface area (Å²) >= 11 is 3.33. The maximum Gasteiger partial charge on any atom is 0.332 e. The maximum absolute atomic E-state index is 13.0. The van der Waals surface area contributed by atoms with Crippen LogP contribution in [0, 0.1) is 0 Å². The molecule has 0 fully saturated rings. The Labute approximate surface area is 157 Å². The van der Waals surface area contributed by atoms with Crippen LogP contribution in [-0.4, -0.2) is 24.5 Å². The van der Waals surface area contributed by atoms with Crippen molar-refractivity contribution < 1.29 is 4.79 Å². The molecule has 0 aliphatic heterocycles. The summed E-state index contributed by atoms with van der Waals surface area (Å²) in [7, 11) is 1.53. The zero-order chi connectivity index (χ0) is 18.8. The molecule has 0 amide bonds. The van der Waals surface area contributed by atoms with Gasteiger partial charge in [-0.2, -0.15) is 0 Å². The third-order valence-corrected chi connectivity index (χ3v) is 4.71. The van der Waals surface area contributed by atoms with Crippen molar-refractivity contribution in [3.05, 3.63) is 73.6 Å². The van der Waals surface area contributed by atoms with Crippen LogP contribution < -0.4 is 11.2 Å². The summed E-state index contributed by atoms with van der Waals surface area (Å²) in [6.45, 7) is 1.98. The lowest BCUT2D eigenvalue weighted by molar-refractivity contribution is 0.0969. The molecule has 0 aliphatic carbocycles. The van der Waals surface area contributed by atoms with Crippen LogP contribution in [0.15, 0.2) is 56.8 Å². The Bertz CT molecular complexity index is 1120. The van der Waals surface area contributed by atoms with Crippen molar-refractivity contribution in [1.29, 1.82) is 0 Å². The van der Waals surface area contributed by atoms with Crippen molar-refractivity contribution in [3.63, 3.8) is 0 Å². The van der Waals surface area contributed by atoms with Crippen molar-refractivity contribution in [3.8, 4) is 0 Å². The lowest BCUT2D eigenvalue weighted by atomic mass is 10.1. The molecule has 2 heterocycles. The molecular weight excluding hydrogens is 400 g/mol. The van der Waals surface area contributed by atoms with E-state index in [4.69, 9.17) is 0 Å². The topological polar surface area (TPSA) is 78.9 Å². The number of ketones is 1. The van der Waals surface area contributed by atoms with Crippen molar-refractivity contribution in [2.75, 3.05) is 0 Å². The van der Waals surface area contributed by atoms with E-state index >= 15 is 0 Å². The highest BCUT2D eigenvalue weighted by molar-refractivity contribution is 9.10. The van der Waals surface area contributed by atoms with Crippen LogP contribution in [0.3, 0.4) is 0 Å². The highest BCUT2D eigenvalue weighted by Gasteiger charge is 2.20. The zero-order valence-electron chi connectivity index (χ0n) is 14.3. The van der Waals surface area contributed by atoms with Gasteiger partial charge in [0.2, 0.25) is 0 Å². The number of aromatic nitrogens is 4. The summed E-state index contributed by atoms with van der Waals surface area (Å²) in [5.41, 5.74) is -0.104. The molecular formula is C18H17BrN4O3. The van der Waals surface area contributed by atoms with Crippen LogP contribution in [0.1, 0.15) is 17.3 Å². The van der Waals surface area contributed by atoms with E-state index in [1.807, 2.05) is 19.1 Å². The van der Waals surface area contributed by atoms with Crippen LogP contribution in [0.25, 0.3) is 11.2 Å². The van der Waals surface area contributed by atoms with Crippen LogP contribution in [0.2, 0.25) is 0 Å². The molecule has 0 radical (unpaired) electrons. The largest absolute Gasteiger partial charge is 0.332 e. The van der Waals surface area contributed by atoms with E-state index in [-0.39, 0.29) is 23.5 Å². The molecule has 0 N–H and O–H groups in total.